The van der Waals surface area contributed by atoms with Gasteiger partial charge in [0.25, 0.3) is 0 Å². The van der Waals surface area contributed by atoms with Crippen LogP contribution in [0.15, 0.2) is 133 Å². The van der Waals surface area contributed by atoms with Crippen molar-refractivity contribution in [2.24, 2.45) is 0 Å². The van der Waals surface area contributed by atoms with E-state index in [9.17, 15) is 0 Å². The minimum absolute atomic E-state index is 0.0754. The van der Waals surface area contributed by atoms with Crippen molar-refractivity contribution in [3.05, 3.63) is 145 Å². The summed E-state index contributed by atoms with van der Waals surface area (Å²) in [7, 11) is 0. The lowest BCUT2D eigenvalue weighted by Crippen LogP contribution is -2.15. The SMILES string of the molecule is CC1(C)c2cc(-c3cc4c5c(cccc5c3)Oc3ccc(-c5ccccc5)cc3-4)ccc2-c2cc3ccccc3cc21. The molecule has 2 aliphatic rings. The molecule has 9 rings (SSSR count). The largest absolute Gasteiger partial charge is 0.456 e. The molecule has 1 aliphatic heterocycles. The van der Waals surface area contributed by atoms with Crippen molar-refractivity contribution in [2.45, 2.75) is 19.3 Å². The van der Waals surface area contributed by atoms with Crippen LogP contribution < -0.4 is 4.74 Å². The molecule has 0 unspecified atom stereocenters. The molecule has 0 amide bonds. The number of fused-ring (bicyclic) bond motifs is 6. The van der Waals surface area contributed by atoms with Crippen LogP contribution >= 0.6 is 0 Å². The van der Waals surface area contributed by atoms with Crippen LogP contribution in [-0.2, 0) is 5.41 Å². The normalized spacial score (nSPS) is 13.9. The number of hydrogen-bond acceptors (Lipinski definition) is 1. The Morgan fingerprint density at radius 3 is 1.95 bits per heavy atom. The van der Waals surface area contributed by atoms with E-state index in [1.165, 1.54) is 71.6 Å². The fraction of sp³-hybridized carbons (Fsp3) is 0.0732. The molecule has 0 fully saturated rings. The lowest BCUT2D eigenvalue weighted by atomic mass is 9.81. The predicted molar refractivity (Wildman–Crippen MR) is 175 cm³/mol. The van der Waals surface area contributed by atoms with E-state index in [4.69, 9.17) is 4.74 Å². The van der Waals surface area contributed by atoms with Crippen LogP contribution in [0.4, 0.5) is 0 Å². The zero-order chi connectivity index (χ0) is 28.0. The van der Waals surface area contributed by atoms with Crippen LogP contribution in [0.1, 0.15) is 25.0 Å². The zero-order valence-corrected chi connectivity index (χ0v) is 23.6. The van der Waals surface area contributed by atoms with E-state index >= 15 is 0 Å². The molecule has 0 bridgehead atoms. The maximum Gasteiger partial charge on any atom is 0.135 e. The Kier molecular flexibility index (Phi) is 4.73. The van der Waals surface area contributed by atoms with Gasteiger partial charge in [-0.15, -0.1) is 0 Å². The molecule has 0 radical (unpaired) electrons. The van der Waals surface area contributed by atoms with Crippen molar-refractivity contribution in [3.63, 3.8) is 0 Å². The first-order valence-electron chi connectivity index (χ1n) is 14.7. The Morgan fingerprint density at radius 1 is 0.405 bits per heavy atom. The Bertz CT molecular complexity index is 2240. The van der Waals surface area contributed by atoms with Crippen LogP contribution in [0.5, 0.6) is 11.5 Å². The van der Waals surface area contributed by atoms with E-state index in [1.54, 1.807) is 0 Å². The van der Waals surface area contributed by atoms with E-state index in [1.807, 2.05) is 0 Å². The molecule has 7 aromatic carbocycles. The van der Waals surface area contributed by atoms with Gasteiger partial charge in [-0.25, -0.2) is 0 Å². The van der Waals surface area contributed by atoms with E-state index in [-0.39, 0.29) is 5.41 Å². The van der Waals surface area contributed by atoms with Crippen molar-refractivity contribution in [3.8, 4) is 56.0 Å². The average molecular weight is 537 g/mol. The summed E-state index contributed by atoms with van der Waals surface area (Å²) >= 11 is 0. The quantitative estimate of drug-likeness (QED) is 0.213. The van der Waals surface area contributed by atoms with Crippen molar-refractivity contribution in [2.75, 3.05) is 0 Å². The maximum atomic E-state index is 6.44. The van der Waals surface area contributed by atoms with Crippen molar-refractivity contribution < 1.29 is 4.74 Å². The Hall–Kier alpha value is -5.14. The van der Waals surface area contributed by atoms with Gasteiger partial charge in [-0.2, -0.15) is 0 Å². The highest BCUT2D eigenvalue weighted by Crippen LogP contribution is 2.52. The highest BCUT2D eigenvalue weighted by Gasteiger charge is 2.36. The summed E-state index contributed by atoms with van der Waals surface area (Å²) < 4.78 is 6.44. The standard InChI is InChI=1S/C41H28O/c1-41(2)36-24-29(15-17-32(36)33-20-26-11-6-7-12-27(26)23-37(33)41)31-19-30-13-8-14-39-40(30)35(22-31)34-21-28(16-18-38(34)42-39)25-9-4-3-5-10-25/h3-24H,1-2H3. The lowest BCUT2D eigenvalue weighted by molar-refractivity contribution is 0.487. The van der Waals surface area contributed by atoms with Gasteiger partial charge in [0, 0.05) is 16.4 Å². The molecular weight excluding hydrogens is 508 g/mol. The Morgan fingerprint density at radius 2 is 1.10 bits per heavy atom. The van der Waals surface area contributed by atoms with Gasteiger partial charge in [-0.3, -0.25) is 0 Å². The molecule has 0 aromatic heterocycles. The number of rotatable bonds is 2. The molecule has 7 aromatic rings. The summed E-state index contributed by atoms with van der Waals surface area (Å²) in [6.07, 6.45) is 0. The Labute approximate surface area is 245 Å². The van der Waals surface area contributed by atoms with E-state index < -0.39 is 0 Å². The van der Waals surface area contributed by atoms with Crippen LogP contribution in [-0.4, -0.2) is 0 Å². The third-order valence-corrected chi connectivity index (χ3v) is 9.41. The number of benzene rings is 7. The number of hydrogen-bond donors (Lipinski definition) is 0. The molecule has 0 saturated heterocycles. The first kappa shape index (κ1) is 23.6. The topological polar surface area (TPSA) is 9.23 Å². The second kappa shape index (κ2) is 8.44. The van der Waals surface area contributed by atoms with E-state index in [2.05, 4.69) is 147 Å². The van der Waals surface area contributed by atoms with Crippen LogP contribution in [0.3, 0.4) is 0 Å². The second-order valence-electron chi connectivity index (χ2n) is 12.2. The van der Waals surface area contributed by atoms with Gasteiger partial charge in [0.15, 0.2) is 0 Å². The third kappa shape index (κ3) is 3.31. The summed E-state index contributed by atoms with van der Waals surface area (Å²) in [6.45, 7) is 4.73. The van der Waals surface area contributed by atoms with Gasteiger partial charge in [-0.1, -0.05) is 98.8 Å². The fourth-order valence-electron chi connectivity index (χ4n) is 7.22. The van der Waals surface area contributed by atoms with Gasteiger partial charge < -0.3 is 4.74 Å². The highest BCUT2D eigenvalue weighted by atomic mass is 16.5. The molecule has 1 heterocycles. The van der Waals surface area contributed by atoms with E-state index in [0.29, 0.717) is 0 Å². The fourth-order valence-corrected chi connectivity index (χ4v) is 7.22. The summed E-state index contributed by atoms with van der Waals surface area (Å²) in [4.78, 5) is 0. The molecule has 0 atom stereocenters. The van der Waals surface area contributed by atoms with Gasteiger partial charge >= 0.3 is 0 Å². The monoisotopic (exact) mass is 536 g/mol. The third-order valence-electron chi connectivity index (χ3n) is 9.41. The van der Waals surface area contributed by atoms with E-state index in [0.717, 1.165) is 17.1 Å². The number of ether oxygens (including phenoxy) is 1. The average Bonchev–Trinajstić information content (AvgIpc) is 3.25. The molecule has 1 aliphatic carbocycles. The summed E-state index contributed by atoms with van der Waals surface area (Å²) in [5, 5.41) is 4.98. The molecule has 198 valence electrons. The Balaban J connectivity index is 1.23. The zero-order valence-electron chi connectivity index (χ0n) is 23.6. The minimum atomic E-state index is -0.0754. The lowest BCUT2D eigenvalue weighted by Gasteiger charge is -2.24. The van der Waals surface area contributed by atoms with Crippen molar-refractivity contribution in [1.29, 1.82) is 0 Å². The summed E-state index contributed by atoms with van der Waals surface area (Å²) in [5.74, 6) is 1.83. The van der Waals surface area contributed by atoms with Crippen molar-refractivity contribution >= 4 is 21.5 Å². The summed E-state index contributed by atoms with van der Waals surface area (Å²) in [5.41, 5.74) is 12.7. The van der Waals surface area contributed by atoms with Crippen LogP contribution in [0.2, 0.25) is 0 Å². The molecule has 1 nitrogen and oxygen atoms in total. The maximum absolute atomic E-state index is 6.44. The molecule has 0 N–H and O–H groups in total. The minimum Gasteiger partial charge on any atom is -0.456 e. The smallest absolute Gasteiger partial charge is 0.135 e. The predicted octanol–water partition coefficient (Wildman–Crippen LogP) is 11.4. The van der Waals surface area contributed by atoms with Gasteiger partial charge in [-0.05, 0) is 115 Å². The van der Waals surface area contributed by atoms with Crippen LogP contribution in [0, 0.1) is 0 Å². The molecular formula is C41H28O. The summed E-state index contributed by atoms with van der Waals surface area (Å²) in [6, 6.07) is 48.8. The van der Waals surface area contributed by atoms with Gasteiger partial charge in [0.2, 0.25) is 0 Å². The van der Waals surface area contributed by atoms with Gasteiger partial charge in [0.05, 0.1) is 0 Å². The van der Waals surface area contributed by atoms with Crippen molar-refractivity contribution in [1.82, 2.24) is 0 Å². The first-order valence-corrected chi connectivity index (χ1v) is 14.7. The first-order chi connectivity index (χ1) is 20.5. The molecule has 1 heteroatoms. The highest BCUT2D eigenvalue weighted by molar-refractivity contribution is 6.07. The molecule has 42 heavy (non-hydrogen) atoms. The van der Waals surface area contributed by atoms with Gasteiger partial charge in [0.1, 0.15) is 11.5 Å². The van der Waals surface area contributed by atoms with Crippen LogP contribution in [0.25, 0.3) is 66.1 Å². The second-order valence-corrected chi connectivity index (χ2v) is 12.2. The molecule has 0 saturated carbocycles. The molecule has 0 spiro atoms.